The first-order valence-electron chi connectivity index (χ1n) is 6.36. The predicted octanol–water partition coefficient (Wildman–Crippen LogP) is 0.751. The maximum absolute atomic E-state index is 12.6. The first-order chi connectivity index (χ1) is 9.39. The summed E-state index contributed by atoms with van der Waals surface area (Å²) in [6.45, 7) is 4.15. The molecular formula is C14H18N2O4. The summed E-state index contributed by atoms with van der Waals surface area (Å²) in [6.07, 6.45) is 0. The van der Waals surface area contributed by atoms with E-state index in [2.05, 4.69) is 5.32 Å². The number of rotatable bonds is 2. The van der Waals surface area contributed by atoms with Crippen LogP contribution in [-0.2, 0) is 4.79 Å². The van der Waals surface area contributed by atoms with E-state index >= 15 is 0 Å². The van der Waals surface area contributed by atoms with Crippen LogP contribution >= 0.6 is 0 Å². The van der Waals surface area contributed by atoms with Crippen molar-refractivity contribution in [3.8, 4) is 11.5 Å². The van der Waals surface area contributed by atoms with E-state index in [1.54, 1.807) is 26.0 Å². The van der Waals surface area contributed by atoms with Crippen LogP contribution in [0.4, 0.5) is 0 Å². The van der Waals surface area contributed by atoms with Gasteiger partial charge in [-0.3, -0.25) is 9.59 Å². The predicted molar refractivity (Wildman–Crippen MR) is 72.8 cm³/mol. The molecule has 1 aromatic rings. The van der Waals surface area contributed by atoms with E-state index < -0.39 is 5.54 Å². The third kappa shape index (κ3) is 2.17. The van der Waals surface area contributed by atoms with Crippen molar-refractivity contribution in [2.45, 2.75) is 19.4 Å². The Bertz CT molecular complexity index is 554. The molecule has 108 valence electrons. The fraction of sp³-hybridized carbons (Fsp3) is 0.429. The van der Waals surface area contributed by atoms with Gasteiger partial charge in [-0.2, -0.15) is 0 Å². The third-order valence-corrected chi connectivity index (χ3v) is 3.55. The molecule has 1 heterocycles. The normalized spacial score (nSPS) is 17.6. The van der Waals surface area contributed by atoms with Crippen molar-refractivity contribution in [2.75, 3.05) is 20.2 Å². The molecule has 2 amide bonds. The van der Waals surface area contributed by atoms with Crippen LogP contribution in [0.5, 0.6) is 11.5 Å². The van der Waals surface area contributed by atoms with Crippen LogP contribution in [0.1, 0.15) is 24.2 Å². The van der Waals surface area contributed by atoms with Crippen LogP contribution in [0.15, 0.2) is 18.2 Å². The van der Waals surface area contributed by atoms with E-state index in [0.717, 1.165) is 0 Å². The lowest BCUT2D eigenvalue weighted by Crippen LogP contribution is -2.63. The Hall–Kier alpha value is -2.24. The molecule has 0 bridgehead atoms. The van der Waals surface area contributed by atoms with Crippen molar-refractivity contribution >= 4 is 11.8 Å². The fourth-order valence-corrected chi connectivity index (χ4v) is 2.26. The zero-order valence-corrected chi connectivity index (χ0v) is 11.8. The second-order valence-corrected chi connectivity index (χ2v) is 5.13. The molecule has 0 atom stereocenters. The number of nitrogens with one attached hydrogen (secondary N) is 1. The number of phenolic OH excluding ortho intramolecular Hbond substituents is 1. The summed E-state index contributed by atoms with van der Waals surface area (Å²) in [5.41, 5.74) is -0.822. The number of phenols is 1. The monoisotopic (exact) mass is 278 g/mol. The molecule has 6 nitrogen and oxygen atoms in total. The highest BCUT2D eigenvalue weighted by molar-refractivity contribution is 6.01. The van der Waals surface area contributed by atoms with Gasteiger partial charge in [-0.25, -0.2) is 0 Å². The maximum atomic E-state index is 12.6. The molecule has 1 aromatic carbocycles. The van der Waals surface area contributed by atoms with Gasteiger partial charge in [0.15, 0.2) is 11.5 Å². The molecule has 1 aliphatic rings. The van der Waals surface area contributed by atoms with Crippen LogP contribution in [-0.4, -0.2) is 47.6 Å². The summed E-state index contributed by atoms with van der Waals surface area (Å²) >= 11 is 0. The number of nitrogens with zero attached hydrogens (tertiary/aromatic N) is 1. The number of hydrogen-bond donors (Lipinski definition) is 2. The van der Waals surface area contributed by atoms with E-state index in [0.29, 0.717) is 13.1 Å². The van der Waals surface area contributed by atoms with Gasteiger partial charge in [0.25, 0.3) is 5.91 Å². The average Bonchev–Trinajstić information content (AvgIpc) is 2.41. The molecule has 20 heavy (non-hydrogen) atoms. The number of piperazine rings is 1. The van der Waals surface area contributed by atoms with Crippen molar-refractivity contribution in [1.82, 2.24) is 10.2 Å². The zero-order valence-electron chi connectivity index (χ0n) is 11.8. The Kier molecular flexibility index (Phi) is 3.57. The highest BCUT2D eigenvalue weighted by Crippen LogP contribution is 2.32. The van der Waals surface area contributed by atoms with Gasteiger partial charge < -0.3 is 20.1 Å². The maximum Gasteiger partial charge on any atom is 0.258 e. The average molecular weight is 278 g/mol. The van der Waals surface area contributed by atoms with Crippen LogP contribution in [0, 0.1) is 0 Å². The molecule has 6 heteroatoms. The van der Waals surface area contributed by atoms with Gasteiger partial charge in [-0.1, -0.05) is 6.07 Å². The molecule has 0 unspecified atom stereocenters. The number of ether oxygens (including phenoxy) is 1. The SMILES string of the molecule is COc1cccc(C(=O)N2CCNC(=O)C2(C)C)c1O. The fourth-order valence-electron chi connectivity index (χ4n) is 2.26. The highest BCUT2D eigenvalue weighted by atomic mass is 16.5. The van der Waals surface area contributed by atoms with Gasteiger partial charge in [0.2, 0.25) is 5.91 Å². The largest absolute Gasteiger partial charge is 0.504 e. The minimum absolute atomic E-state index is 0.132. The number of hydrogen-bond acceptors (Lipinski definition) is 4. The molecule has 2 N–H and O–H groups in total. The van der Waals surface area contributed by atoms with Crippen LogP contribution in [0.3, 0.4) is 0 Å². The van der Waals surface area contributed by atoms with E-state index in [-0.39, 0.29) is 28.9 Å². The van der Waals surface area contributed by atoms with Gasteiger partial charge in [-0.15, -0.1) is 0 Å². The van der Waals surface area contributed by atoms with Gasteiger partial charge in [0.05, 0.1) is 12.7 Å². The molecule has 0 saturated carbocycles. The highest BCUT2D eigenvalue weighted by Gasteiger charge is 2.41. The first-order valence-corrected chi connectivity index (χ1v) is 6.36. The minimum Gasteiger partial charge on any atom is -0.504 e. The van der Waals surface area contributed by atoms with Gasteiger partial charge in [0.1, 0.15) is 5.54 Å². The number of carbonyl (C=O) groups is 2. The van der Waals surface area contributed by atoms with Crippen molar-refractivity contribution in [3.05, 3.63) is 23.8 Å². The molecule has 0 aliphatic carbocycles. The van der Waals surface area contributed by atoms with E-state index in [1.807, 2.05) is 0 Å². The summed E-state index contributed by atoms with van der Waals surface area (Å²) in [5, 5.41) is 12.8. The Balaban J connectivity index is 2.39. The Morgan fingerprint density at radius 2 is 2.15 bits per heavy atom. The molecule has 0 spiro atoms. The molecule has 0 aromatic heterocycles. The zero-order chi connectivity index (χ0) is 14.9. The molecule has 1 saturated heterocycles. The molecule has 1 aliphatic heterocycles. The van der Waals surface area contributed by atoms with Crippen molar-refractivity contribution in [2.24, 2.45) is 0 Å². The van der Waals surface area contributed by atoms with Gasteiger partial charge in [-0.05, 0) is 26.0 Å². The third-order valence-electron chi connectivity index (χ3n) is 3.55. The first kappa shape index (κ1) is 14.2. The number of methoxy groups -OCH3 is 1. The van der Waals surface area contributed by atoms with Crippen LogP contribution in [0.25, 0.3) is 0 Å². The number of carbonyl (C=O) groups excluding carboxylic acids is 2. The summed E-state index contributed by atoms with van der Waals surface area (Å²) < 4.78 is 5.00. The van der Waals surface area contributed by atoms with Crippen molar-refractivity contribution in [1.29, 1.82) is 0 Å². The van der Waals surface area contributed by atoms with Crippen LogP contribution < -0.4 is 10.1 Å². The number of amides is 2. The summed E-state index contributed by atoms with van der Waals surface area (Å²) in [7, 11) is 1.42. The van der Waals surface area contributed by atoms with E-state index in [4.69, 9.17) is 4.74 Å². The lowest BCUT2D eigenvalue weighted by Gasteiger charge is -2.41. The minimum atomic E-state index is -0.954. The number of aromatic hydroxyl groups is 1. The molecule has 1 fully saturated rings. The topological polar surface area (TPSA) is 78.9 Å². The van der Waals surface area contributed by atoms with Gasteiger partial charge >= 0.3 is 0 Å². The second-order valence-electron chi connectivity index (χ2n) is 5.13. The smallest absolute Gasteiger partial charge is 0.258 e. The van der Waals surface area contributed by atoms with Crippen molar-refractivity contribution < 1.29 is 19.4 Å². The number of benzene rings is 1. The summed E-state index contributed by atoms with van der Waals surface area (Å²) in [5.74, 6) is -0.572. The summed E-state index contributed by atoms with van der Waals surface area (Å²) in [6, 6.07) is 4.71. The van der Waals surface area contributed by atoms with Gasteiger partial charge in [0, 0.05) is 13.1 Å². The Labute approximate surface area is 117 Å². The van der Waals surface area contributed by atoms with Crippen molar-refractivity contribution in [3.63, 3.8) is 0 Å². The van der Waals surface area contributed by atoms with E-state index in [9.17, 15) is 14.7 Å². The lowest BCUT2D eigenvalue weighted by atomic mass is 9.97. The number of para-hydroxylation sites is 1. The summed E-state index contributed by atoms with van der Waals surface area (Å²) in [4.78, 5) is 25.9. The van der Waals surface area contributed by atoms with E-state index in [1.165, 1.54) is 18.1 Å². The Morgan fingerprint density at radius 3 is 2.80 bits per heavy atom. The molecule has 2 rings (SSSR count). The lowest BCUT2D eigenvalue weighted by molar-refractivity contribution is -0.133. The quantitative estimate of drug-likeness (QED) is 0.837. The standard InChI is InChI=1S/C14H18N2O4/c1-14(2)13(19)15-7-8-16(14)12(18)9-5-4-6-10(20-3)11(9)17/h4-6,17H,7-8H2,1-3H3,(H,15,19). The van der Waals surface area contributed by atoms with Crippen LogP contribution in [0.2, 0.25) is 0 Å². The Morgan fingerprint density at radius 1 is 1.45 bits per heavy atom. The molecule has 0 radical (unpaired) electrons. The molecular weight excluding hydrogens is 260 g/mol. The second kappa shape index (κ2) is 5.03.